The summed E-state index contributed by atoms with van der Waals surface area (Å²) in [7, 11) is 0. The van der Waals surface area contributed by atoms with Crippen molar-refractivity contribution >= 4 is 0 Å². The number of allylic oxidation sites excluding steroid dienone is 1. The molecular weight excluding hydrogens is 164 g/mol. The van der Waals surface area contributed by atoms with Crippen LogP contribution in [-0.4, -0.2) is 16.8 Å². The Bertz CT molecular complexity index is 249. The van der Waals surface area contributed by atoms with E-state index in [4.69, 9.17) is 4.74 Å². The lowest BCUT2D eigenvalue weighted by Gasteiger charge is -2.25. The molecule has 2 nitrogen and oxygen atoms in total. The van der Waals surface area contributed by atoms with Crippen LogP contribution in [0, 0.1) is 5.41 Å². The monoisotopic (exact) mass is 182 g/mol. The SMILES string of the molecule is CC(C)(C)CC12CCC=C(O)C1O2. The first-order chi connectivity index (χ1) is 5.93. The van der Waals surface area contributed by atoms with Gasteiger partial charge in [0.25, 0.3) is 0 Å². The van der Waals surface area contributed by atoms with Crippen LogP contribution in [0.2, 0.25) is 0 Å². The molecule has 2 rings (SSSR count). The van der Waals surface area contributed by atoms with Crippen molar-refractivity contribution < 1.29 is 9.84 Å². The van der Waals surface area contributed by atoms with Gasteiger partial charge in [0.1, 0.15) is 17.5 Å². The van der Waals surface area contributed by atoms with Crippen molar-refractivity contribution in [2.45, 2.75) is 51.7 Å². The predicted octanol–water partition coefficient (Wildman–Crippen LogP) is 2.80. The molecule has 13 heavy (non-hydrogen) atoms. The zero-order valence-corrected chi connectivity index (χ0v) is 8.63. The van der Waals surface area contributed by atoms with Gasteiger partial charge in [0.2, 0.25) is 0 Å². The van der Waals surface area contributed by atoms with E-state index in [0.29, 0.717) is 5.76 Å². The number of fused-ring (bicyclic) bond motifs is 1. The molecule has 2 heteroatoms. The highest BCUT2D eigenvalue weighted by atomic mass is 16.6. The fourth-order valence-corrected chi connectivity index (χ4v) is 2.41. The van der Waals surface area contributed by atoms with Crippen molar-refractivity contribution in [1.82, 2.24) is 0 Å². The minimum Gasteiger partial charge on any atom is -0.510 e. The van der Waals surface area contributed by atoms with Crippen molar-refractivity contribution in [3.05, 3.63) is 11.8 Å². The van der Waals surface area contributed by atoms with Crippen molar-refractivity contribution in [1.29, 1.82) is 0 Å². The summed E-state index contributed by atoms with van der Waals surface area (Å²) in [5.41, 5.74) is 0.267. The van der Waals surface area contributed by atoms with Gasteiger partial charge in [-0.05, 0) is 30.8 Å². The Kier molecular flexibility index (Phi) is 1.75. The van der Waals surface area contributed by atoms with Gasteiger partial charge in [-0.25, -0.2) is 0 Å². The van der Waals surface area contributed by atoms with E-state index in [-0.39, 0.29) is 17.1 Å². The van der Waals surface area contributed by atoms with Gasteiger partial charge < -0.3 is 9.84 Å². The summed E-state index contributed by atoms with van der Waals surface area (Å²) in [5.74, 6) is 0.454. The molecule has 1 aliphatic heterocycles. The fraction of sp³-hybridized carbons (Fsp3) is 0.818. The van der Waals surface area contributed by atoms with Crippen LogP contribution in [-0.2, 0) is 4.74 Å². The molecule has 2 atom stereocenters. The number of rotatable bonds is 1. The second-order valence-electron chi connectivity index (χ2n) is 5.47. The van der Waals surface area contributed by atoms with Gasteiger partial charge in [0.15, 0.2) is 0 Å². The first kappa shape index (κ1) is 9.07. The maximum Gasteiger partial charge on any atom is 0.144 e. The number of epoxide rings is 1. The Balaban J connectivity index is 2.07. The van der Waals surface area contributed by atoms with E-state index in [1.54, 1.807) is 0 Å². The maximum atomic E-state index is 9.52. The second-order valence-corrected chi connectivity index (χ2v) is 5.47. The Morgan fingerprint density at radius 3 is 2.92 bits per heavy atom. The zero-order chi connectivity index (χ0) is 9.69. The number of ether oxygens (including phenoxy) is 1. The molecule has 74 valence electrons. The van der Waals surface area contributed by atoms with Crippen LogP contribution in [0.5, 0.6) is 0 Å². The molecule has 0 aromatic rings. The molecule has 0 aromatic heterocycles. The topological polar surface area (TPSA) is 32.8 Å². The lowest BCUT2D eigenvalue weighted by molar-refractivity contribution is 0.205. The normalized spacial score (nSPS) is 38.1. The molecule has 0 saturated carbocycles. The number of aliphatic hydroxyl groups excluding tert-OH is 1. The average Bonchev–Trinajstić information content (AvgIpc) is 2.60. The smallest absolute Gasteiger partial charge is 0.144 e. The maximum absolute atomic E-state index is 9.52. The third kappa shape index (κ3) is 1.60. The molecule has 2 aliphatic rings. The molecule has 0 radical (unpaired) electrons. The van der Waals surface area contributed by atoms with Gasteiger partial charge in [-0.1, -0.05) is 20.8 Å². The van der Waals surface area contributed by atoms with Crippen LogP contribution >= 0.6 is 0 Å². The Labute approximate surface area is 79.6 Å². The fourth-order valence-electron chi connectivity index (χ4n) is 2.41. The van der Waals surface area contributed by atoms with E-state index in [0.717, 1.165) is 19.3 Å². The van der Waals surface area contributed by atoms with Crippen LogP contribution in [0.15, 0.2) is 11.8 Å². The van der Waals surface area contributed by atoms with E-state index in [1.807, 2.05) is 6.08 Å². The molecule has 1 aliphatic carbocycles. The summed E-state index contributed by atoms with van der Waals surface area (Å²) in [6, 6.07) is 0. The van der Waals surface area contributed by atoms with Gasteiger partial charge in [0, 0.05) is 0 Å². The van der Waals surface area contributed by atoms with Crippen molar-refractivity contribution in [2.24, 2.45) is 5.41 Å². The van der Waals surface area contributed by atoms with Crippen LogP contribution in [0.3, 0.4) is 0 Å². The molecule has 1 fully saturated rings. The third-order valence-corrected chi connectivity index (χ3v) is 2.79. The average molecular weight is 182 g/mol. The second kappa shape index (κ2) is 2.50. The largest absolute Gasteiger partial charge is 0.510 e. The zero-order valence-electron chi connectivity index (χ0n) is 8.63. The molecule has 0 amide bonds. The summed E-state index contributed by atoms with van der Waals surface area (Å²) in [5, 5.41) is 9.52. The molecule has 1 N–H and O–H groups in total. The molecule has 1 heterocycles. The van der Waals surface area contributed by atoms with Crippen LogP contribution in [0.1, 0.15) is 40.0 Å². The van der Waals surface area contributed by atoms with E-state index < -0.39 is 0 Å². The van der Waals surface area contributed by atoms with E-state index in [2.05, 4.69) is 20.8 Å². The number of aliphatic hydroxyl groups is 1. The summed E-state index contributed by atoms with van der Waals surface area (Å²) >= 11 is 0. The highest BCUT2D eigenvalue weighted by molar-refractivity contribution is 5.22. The van der Waals surface area contributed by atoms with Gasteiger partial charge in [0.05, 0.1) is 0 Å². The third-order valence-electron chi connectivity index (χ3n) is 2.79. The number of hydrogen-bond donors (Lipinski definition) is 1. The molecule has 2 unspecified atom stereocenters. The summed E-state index contributed by atoms with van der Waals surface area (Å²) in [6.45, 7) is 6.65. The minimum atomic E-state index is -0.0168. The Morgan fingerprint density at radius 1 is 1.62 bits per heavy atom. The van der Waals surface area contributed by atoms with E-state index in [9.17, 15) is 5.11 Å². The van der Waals surface area contributed by atoms with Crippen LogP contribution in [0.25, 0.3) is 0 Å². The molecule has 0 aromatic carbocycles. The summed E-state index contributed by atoms with van der Waals surface area (Å²) in [6.07, 6.45) is 4.97. The highest BCUT2D eigenvalue weighted by Gasteiger charge is 2.60. The van der Waals surface area contributed by atoms with Gasteiger partial charge in [-0.3, -0.25) is 0 Å². The van der Waals surface area contributed by atoms with Crippen LogP contribution in [0.4, 0.5) is 0 Å². The summed E-state index contributed by atoms with van der Waals surface area (Å²) in [4.78, 5) is 0. The standard InChI is InChI=1S/C11H18O2/c1-10(2,3)7-11-6-4-5-8(12)9(11)13-11/h5,9,12H,4,6-7H2,1-3H3. The Hall–Kier alpha value is -0.500. The quantitative estimate of drug-likeness (QED) is 0.632. The lowest BCUT2D eigenvalue weighted by atomic mass is 9.79. The van der Waals surface area contributed by atoms with Gasteiger partial charge >= 0.3 is 0 Å². The lowest BCUT2D eigenvalue weighted by Crippen LogP contribution is -2.26. The van der Waals surface area contributed by atoms with Crippen molar-refractivity contribution in [3.63, 3.8) is 0 Å². The molecule has 0 spiro atoms. The van der Waals surface area contributed by atoms with E-state index in [1.165, 1.54) is 0 Å². The molecule has 0 bridgehead atoms. The minimum absolute atomic E-state index is 0.0143. The van der Waals surface area contributed by atoms with Crippen molar-refractivity contribution in [2.75, 3.05) is 0 Å². The molecular formula is C11H18O2. The summed E-state index contributed by atoms with van der Waals surface area (Å²) < 4.78 is 5.64. The van der Waals surface area contributed by atoms with Gasteiger partial charge in [-0.2, -0.15) is 0 Å². The Morgan fingerprint density at radius 2 is 2.31 bits per heavy atom. The van der Waals surface area contributed by atoms with Crippen molar-refractivity contribution in [3.8, 4) is 0 Å². The number of hydrogen-bond acceptors (Lipinski definition) is 2. The highest BCUT2D eigenvalue weighted by Crippen LogP contribution is 2.53. The predicted molar refractivity (Wildman–Crippen MR) is 51.6 cm³/mol. The first-order valence-corrected chi connectivity index (χ1v) is 5.00. The molecule has 1 saturated heterocycles. The first-order valence-electron chi connectivity index (χ1n) is 5.00. The van der Waals surface area contributed by atoms with Gasteiger partial charge in [-0.15, -0.1) is 0 Å². The van der Waals surface area contributed by atoms with E-state index >= 15 is 0 Å². The van der Waals surface area contributed by atoms with Crippen LogP contribution < -0.4 is 0 Å².